The third-order valence-electron chi connectivity index (χ3n) is 2.85. The van der Waals surface area contributed by atoms with Crippen molar-refractivity contribution < 1.29 is 25.0 Å². The first-order valence-electron chi connectivity index (χ1n) is 5.59. The molecule has 11 nitrogen and oxygen atoms in total. The molecule has 2 heterocycles. The van der Waals surface area contributed by atoms with Crippen molar-refractivity contribution in [3.05, 3.63) is 16.4 Å². The Bertz CT molecular complexity index is 514. The van der Waals surface area contributed by atoms with Gasteiger partial charge in [0.2, 0.25) is 11.6 Å². The van der Waals surface area contributed by atoms with Gasteiger partial charge in [0, 0.05) is 0 Å². The minimum absolute atomic E-state index is 0.252. The van der Waals surface area contributed by atoms with Gasteiger partial charge in [-0.15, -0.1) is 0 Å². The third-order valence-corrected chi connectivity index (χ3v) is 2.85. The molecule has 6 N–H and O–H groups in total. The molecule has 4 atom stereocenters. The molecule has 0 spiro atoms. The van der Waals surface area contributed by atoms with Crippen LogP contribution in [0.4, 0.5) is 17.3 Å². The quantitative estimate of drug-likeness (QED) is 0.302. The molecule has 2 rings (SSSR count). The van der Waals surface area contributed by atoms with Crippen molar-refractivity contribution in [2.24, 2.45) is 0 Å². The molecule has 1 aromatic rings. The Hall–Kier alpha value is -2.08. The van der Waals surface area contributed by atoms with E-state index in [2.05, 4.69) is 15.3 Å². The van der Waals surface area contributed by atoms with Gasteiger partial charge in [0.15, 0.2) is 6.23 Å². The highest BCUT2D eigenvalue weighted by Gasteiger charge is 2.43. The Balaban J connectivity index is 2.23. The summed E-state index contributed by atoms with van der Waals surface area (Å²) in [7, 11) is 0. The van der Waals surface area contributed by atoms with E-state index in [0.29, 0.717) is 0 Å². The topological polar surface area (TPSA) is 177 Å². The molecule has 20 heavy (non-hydrogen) atoms. The van der Waals surface area contributed by atoms with Crippen LogP contribution in [0.15, 0.2) is 6.33 Å². The van der Waals surface area contributed by atoms with E-state index in [1.165, 1.54) is 0 Å². The molecule has 1 fully saturated rings. The van der Waals surface area contributed by atoms with Crippen LogP contribution in [0, 0.1) is 10.1 Å². The fraction of sp³-hybridized carbons (Fsp3) is 0.556. The van der Waals surface area contributed by atoms with Crippen molar-refractivity contribution in [1.29, 1.82) is 0 Å². The number of nitrogens with two attached hydrogens (primary N) is 1. The molecule has 0 unspecified atom stereocenters. The number of aromatic nitrogens is 2. The first-order valence-corrected chi connectivity index (χ1v) is 5.59. The van der Waals surface area contributed by atoms with Crippen molar-refractivity contribution in [2.45, 2.75) is 24.5 Å². The van der Waals surface area contributed by atoms with Gasteiger partial charge in [-0.3, -0.25) is 10.1 Å². The van der Waals surface area contributed by atoms with Crippen molar-refractivity contribution in [1.82, 2.24) is 9.97 Å². The number of nitro groups is 1. The van der Waals surface area contributed by atoms with Crippen molar-refractivity contribution in [2.75, 3.05) is 17.7 Å². The van der Waals surface area contributed by atoms with E-state index in [1.807, 2.05) is 0 Å². The number of ether oxygens (including phenoxy) is 1. The third kappa shape index (κ3) is 2.46. The van der Waals surface area contributed by atoms with Crippen molar-refractivity contribution in [3.8, 4) is 0 Å². The zero-order valence-electron chi connectivity index (χ0n) is 10.1. The van der Waals surface area contributed by atoms with Gasteiger partial charge in [0.25, 0.3) is 0 Å². The van der Waals surface area contributed by atoms with Crippen molar-refractivity contribution in [3.63, 3.8) is 0 Å². The Morgan fingerprint density at radius 2 is 2.15 bits per heavy atom. The number of nitrogens with zero attached hydrogens (tertiary/aromatic N) is 3. The maximum absolute atomic E-state index is 10.9. The van der Waals surface area contributed by atoms with E-state index in [1.54, 1.807) is 0 Å². The van der Waals surface area contributed by atoms with E-state index in [0.717, 1.165) is 6.33 Å². The Kier molecular flexibility index (Phi) is 3.94. The number of hydrogen-bond donors (Lipinski definition) is 5. The number of nitrogens with one attached hydrogen (secondary N) is 1. The molecule has 0 bridgehead atoms. The molecule has 0 radical (unpaired) electrons. The molecule has 1 aromatic heterocycles. The molecule has 110 valence electrons. The fourth-order valence-electron chi connectivity index (χ4n) is 1.83. The molecule has 0 aliphatic carbocycles. The van der Waals surface area contributed by atoms with Gasteiger partial charge < -0.3 is 31.1 Å². The van der Waals surface area contributed by atoms with Gasteiger partial charge >= 0.3 is 5.69 Å². The maximum atomic E-state index is 10.9. The molecule has 0 saturated carbocycles. The maximum Gasteiger partial charge on any atom is 0.353 e. The van der Waals surface area contributed by atoms with Crippen LogP contribution in [0.3, 0.4) is 0 Å². The lowest BCUT2D eigenvalue weighted by Crippen LogP contribution is -2.36. The minimum Gasteiger partial charge on any atom is -0.394 e. The number of aliphatic hydroxyl groups excluding tert-OH is 3. The molecule has 0 aromatic carbocycles. The van der Waals surface area contributed by atoms with E-state index < -0.39 is 41.8 Å². The summed E-state index contributed by atoms with van der Waals surface area (Å²) >= 11 is 0. The summed E-state index contributed by atoms with van der Waals surface area (Å²) in [5, 5.41) is 41.6. The largest absolute Gasteiger partial charge is 0.394 e. The lowest BCUT2D eigenvalue weighted by atomic mass is 10.1. The van der Waals surface area contributed by atoms with Gasteiger partial charge in [-0.25, -0.2) is 9.97 Å². The normalized spacial score (nSPS) is 29.4. The highest BCUT2D eigenvalue weighted by atomic mass is 16.6. The van der Waals surface area contributed by atoms with Gasteiger partial charge in [-0.1, -0.05) is 0 Å². The lowest BCUT2D eigenvalue weighted by molar-refractivity contribution is -0.383. The lowest BCUT2D eigenvalue weighted by Gasteiger charge is -2.16. The van der Waals surface area contributed by atoms with E-state index in [9.17, 15) is 20.3 Å². The van der Waals surface area contributed by atoms with E-state index in [-0.39, 0.29) is 11.6 Å². The second kappa shape index (κ2) is 5.50. The standard InChI is InChI=1S/C9H13N5O6/c10-7-4(14(18)19)8(12-2-11-7)13-9-6(17)5(16)3(1-15)20-9/h2-3,5-6,9,15-17H,1H2,(H3,10,11,12,13)/t3-,5+,6+,9-/m1/s1. The smallest absolute Gasteiger partial charge is 0.353 e. The van der Waals surface area contributed by atoms with Gasteiger partial charge in [-0.05, 0) is 0 Å². The molecule has 0 amide bonds. The van der Waals surface area contributed by atoms with Crippen LogP contribution in [-0.4, -0.2) is 61.4 Å². The monoisotopic (exact) mass is 287 g/mol. The molecular weight excluding hydrogens is 274 g/mol. The van der Waals surface area contributed by atoms with Gasteiger partial charge in [-0.2, -0.15) is 0 Å². The summed E-state index contributed by atoms with van der Waals surface area (Å²) in [5.74, 6) is -0.600. The number of rotatable bonds is 4. The number of anilines is 2. The van der Waals surface area contributed by atoms with Crippen LogP contribution < -0.4 is 11.1 Å². The molecule has 1 aliphatic rings. The van der Waals surface area contributed by atoms with Crippen LogP contribution in [0.25, 0.3) is 0 Å². The summed E-state index contributed by atoms with van der Waals surface area (Å²) in [4.78, 5) is 17.3. The zero-order chi connectivity index (χ0) is 14.9. The van der Waals surface area contributed by atoms with Crippen LogP contribution in [-0.2, 0) is 4.74 Å². The van der Waals surface area contributed by atoms with Crippen LogP contribution >= 0.6 is 0 Å². The van der Waals surface area contributed by atoms with Crippen LogP contribution in [0.5, 0.6) is 0 Å². The fourth-order valence-corrected chi connectivity index (χ4v) is 1.83. The first kappa shape index (κ1) is 14.3. The van der Waals surface area contributed by atoms with Gasteiger partial charge in [0.1, 0.15) is 24.6 Å². The Morgan fingerprint density at radius 3 is 2.70 bits per heavy atom. The average Bonchev–Trinajstić information content (AvgIpc) is 2.66. The highest BCUT2D eigenvalue weighted by Crippen LogP contribution is 2.29. The second-order valence-electron chi connectivity index (χ2n) is 4.12. The first-order chi connectivity index (χ1) is 9.45. The molecule has 1 aliphatic heterocycles. The van der Waals surface area contributed by atoms with Crippen LogP contribution in [0.2, 0.25) is 0 Å². The van der Waals surface area contributed by atoms with E-state index in [4.69, 9.17) is 15.6 Å². The van der Waals surface area contributed by atoms with Crippen LogP contribution in [0.1, 0.15) is 0 Å². The highest BCUT2D eigenvalue weighted by molar-refractivity contribution is 5.67. The van der Waals surface area contributed by atoms with Gasteiger partial charge in [0.05, 0.1) is 11.5 Å². The minimum atomic E-state index is -1.39. The summed E-state index contributed by atoms with van der Waals surface area (Å²) in [6, 6.07) is 0. The summed E-state index contributed by atoms with van der Waals surface area (Å²) in [6.45, 7) is -0.510. The van der Waals surface area contributed by atoms with E-state index >= 15 is 0 Å². The van der Waals surface area contributed by atoms with Crippen molar-refractivity contribution >= 4 is 17.3 Å². The molecule has 1 saturated heterocycles. The molecular formula is C9H13N5O6. The number of hydrogen-bond acceptors (Lipinski definition) is 10. The Morgan fingerprint density at radius 1 is 1.45 bits per heavy atom. The zero-order valence-corrected chi connectivity index (χ0v) is 10.1. The summed E-state index contributed by atoms with van der Waals surface area (Å²) in [5.41, 5.74) is 4.82. The molecule has 11 heteroatoms. The average molecular weight is 287 g/mol. The predicted molar refractivity (Wildman–Crippen MR) is 64.5 cm³/mol. The summed E-state index contributed by atoms with van der Waals surface area (Å²) in [6.07, 6.45) is -3.87. The second-order valence-corrected chi connectivity index (χ2v) is 4.12. The predicted octanol–water partition coefficient (Wildman–Crippen LogP) is -2.18. The number of aliphatic hydroxyl groups is 3. The summed E-state index contributed by atoms with van der Waals surface area (Å²) < 4.78 is 5.13. The number of nitrogen functional groups attached to an aromatic ring is 1. The Labute approximate surface area is 112 Å². The SMILES string of the molecule is Nc1ncnc(N[C@@H]2O[C@H](CO)[C@H](O)[C@@H]2O)c1[N+](=O)[O-].